The van der Waals surface area contributed by atoms with E-state index < -0.39 is 0 Å². The van der Waals surface area contributed by atoms with Crippen LogP contribution in [0.25, 0.3) is 0 Å². The molecule has 76 heavy (non-hydrogen) atoms. The second-order valence-corrected chi connectivity index (χ2v) is 15.3. The number of allylic oxidation sites excluding steroid dienone is 1. The molecule has 0 aliphatic carbocycles. The molecule has 0 aromatic carbocycles. The summed E-state index contributed by atoms with van der Waals surface area (Å²) >= 11 is 0. The molecule has 0 aromatic heterocycles. The third-order valence-corrected chi connectivity index (χ3v) is 9.26. The van der Waals surface area contributed by atoms with Crippen LogP contribution in [0, 0.1) is 0 Å². The highest BCUT2D eigenvalue weighted by Gasteiger charge is 2.04. The van der Waals surface area contributed by atoms with Crippen LogP contribution in [0.3, 0.4) is 0 Å². The summed E-state index contributed by atoms with van der Waals surface area (Å²) < 4.78 is 125. The van der Waals surface area contributed by atoms with Crippen LogP contribution in [0.5, 0.6) is 0 Å². The molecule has 0 radical (unpaired) electrons. The number of carbonyl (C=O) groups excluding carboxylic acids is 1. The molecule has 0 amide bonds. The minimum Gasteiger partial charge on any atom is -0.460 e. The molecule has 0 spiro atoms. The largest absolute Gasteiger partial charge is 0.460 e. The Morgan fingerprint density at radius 1 is 0.237 bits per heavy atom. The van der Waals surface area contributed by atoms with Crippen molar-refractivity contribution in [3.05, 3.63) is 11.6 Å². The van der Waals surface area contributed by atoms with E-state index in [0.29, 0.717) is 296 Å². The van der Waals surface area contributed by atoms with Gasteiger partial charge in [0, 0.05) is 5.57 Å². The highest BCUT2D eigenvalue weighted by atomic mass is 16.6. The average Bonchev–Trinajstić information content (AvgIpc) is 3.43. The van der Waals surface area contributed by atoms with Crippen LogP contribution in [0.4, 0.5) is 0 Å². The Balaban J connectivity index is 3.09. The minimum atomic E-state index is -0.329. The number of aliphatic hydroxyl groups excluding tert-OH is 1. The Labute approximate surface area is 453 Å². The van der Waals surface area contributed by atoms with E-state index >= 15 is 0 Å². The number of ether oxygens (including phenoxy) is 23. The molecule has 0 fully saturated rings. The van der Waals surface area contributed by atoms with Crippen molar-refractivity contribution >= 4 is 5.97 Å². The molecule has 0 aliphatic heterocycles. The highest BCUT2D eigenvalue weighted by Crippen LogP contribution is 1.96. The van der Waals surface area contributed by atoms with Crippen LogP contribution in [0.15, 0.2) is 11.6 Å². The molecule has 0 saturated heterocycles. The Morgan fingerprint density at radius 2 is 0.355 bits per heavy atom. The second kappa shape index (κ2) is 69.4. The van der Waals surface area contributed by atoms with Crippen LogP contribution in [-0.4, -0.2) is 315 Å². The van der Waals surface area contributed by atoms with Gasteiger partial charge >= 0.3 is 5.97 Å². The van der Waals surface area contributed by atoms with Crippen LogP contribution >= 0.6 is 0 Å². The minimum absolute atomic E-state index is 0.0175. The van der Waals surface area contributed by atoms with Crippen molar-refractivity contribution in [2.75, 3.05) is 304 Å². The van der Waals surface area contributed by atoms with Gasteiger partial charge in [-0.1, -0.05) is 6.08 Å². The highest BCUT2D eigenvalue weighted by molar-refractivity contribution is 5.87. The maximum Gasteiger partial charge on any atom is 0.333 e. The van der Waals surface area contributed by atoms with Gasteiger partial charge < -0.3 is 114 Å². The van der Waals surface area contributed by atoms with Crippen molar-refractivity contribution < 1.29 is 119 Å². The van der Waals surface area contributed by atoms with E-state index in [1.807, 2.05) is 0 Å². The van der Waals surface area contributed by atoms with Crippen LogP contribution in [-0.2, 0) is 114 Å². The number of hydrogen-bond donors (Lipinski definition) is 1. The lowest BCUT2D eigenvalue weighted by atomic mass is 10.3. The number of esters is 1. The molecule has 0 rings (SSSR count). The zero-order chi connectivity index (χ0) is 54.7. The maximum atomic E-state index is 11.5. The van der Waals surface area contributed by atoms with Gasteiger partial charge in [0.2, 0.25) is 0 Å². The van der Waals surface area contributed by atoms with E-state index in [2.05, 4.69) is 0 Å². The summed E-state index contributed by atoms with van der Waals surface area (Å²) in [5.41, 5.74) is 0.577. The summed E-state index contributed by atoms with van der Waals surface area (Å²) in [4.78, 5) is 11.5. The first-order valence-electron chi connectivity index (χ1n) is 26.8. The van der Waals surface area contributed by atoms with Gasteiger partial charge in [-0.05, 0) is 13.8 Å². The fourth-order valence-electron chi connectivity index (χ4n) is 5.21. The standard InChI is InChI=1S/C51H100O25/c1-3-50(2)51(53)76-49-48-75-47-46-74-45-44-73-43-42-72-41-40-71-39-38-70-37-36-69-35-34-68-33-32-67-31-30-66-29-28-65-27-26-64-25-24-63-23-22-62-21-20-61-19-18-60-17-16-59-15-14-58-13-12-57-11-10-56-9-8-55-7-6-54-5-4-52/h3,52H,4-49H2,1-2H3. The number of hydrogen-bond acceptors (Lipinski definition) is 25. The normalized spacial score (nSPS) is 11.9. The van der Waals surface area contributed by atoms with Crippen LogP contribution in [0.1, 0.15) is 13.8 Å². The van der Waals surface area contributed by atoms with Gasteiger partial charge in [0.25, 0.3) is 0 Å². The first-order valence-corrected chi connectivity index (χ1v) is 26.8. The second-order valence-electron chi connectivity index (χ2n) is 15.3. The van der Waals surface area contributed by atoms with Crippen LogP contribution < -0.4 is 0 Å². The van der Waals surface area contributed by atoms with Gasteiger partial charge in [-0.3, -0.25) is 0 Å². The van der Waals surface area contributed by atoms with Crippen LogP contribution in [0.2, 0.25) is 0 Å². The molecule has 0 bridgehead atoms. The molecule has 25 nitrogen and oxygen atoms in total. The van der Waals surface area contributed by atoms with Gasteiger partial charge in [0.1, 0.15) is 6.61 Å². The Bertz CT molecular complexity index is 1120. The van der Waals surface area contributed by atoms with Gasteiger partial charge in [-0.2, -0.15) is 0 Å². The predicted molar refractivity (Wildman–Crippen MR) is 275 cm³/mol. The third kappa shape index (κ3) is 66.6. The topological polar surface area (TPSA) is 250 Å². The summed E-state index contributed by atoms with van der Waals surface area (Å²) in [5, 5.41) is 8.61. The van der Waals surface area contributed by atoms with Crippen molar-refractivity contribution in [1.29, 1.82) is 0 Å². The summed E-state index contributed by atoms with van der Waals surface area (Å²) in [6.07, 6.45) is 1.71. The Morgan fingerprint density at radius 3 is 0.474 bits per heavy atom. The summed E-state index contributed by atoms with van der Waals surface area (Å²) in [7, 11) is 0. The van der Waals surface area contributed by atoms with E-state index in [-0.39, 0.29) is 19.2 Å². The zero-order valence-electron chi connectivity index (χ0n) is 46.3. The monoisotopic (exact) mass is 1110 g/mol. The molecule has 0 unspecified atom stereocenters. The van der Waals surface area contributed by atoms with Gasteiger partial charge in [0.15, 0.2) is 0 Å². The number of carbonyl (C=O) groups is 1. The zero-order valence-corrected chi connectivity index (χ0v) is 46.3. The molecule has 0 saturated carbocycles. The van der Waals surface area contributed by atoms with Crippen molar-refractivity contribution in [3.63, 3.8) is 0 Å². The maximum absolute atomic E-state index is 11.5. The van der Waals surface area contributed by atoms with E-state index in [1.54, 1.807) is 19.9 Å². The average molecular weight is 1110 g/mol. The summed E-state index contributed by atoms with van der Waals surface area (Å²) in [6.45, 7) is 24.6. The molecule has 1 N–H and O–H groups in total. The summed E-state index contributed by atoms with van der Waals surface area (Å²) in [5.74, 6) is -0.329. The first kappa shape index (κ1) is 74.3. The molecule has 0 heterocycles. The quantitative estimate of drug-likeness (QED) is 0.0504. The van der Waals surface area contributed by atoms with E-state index in [4.69, 9.17) is 114 Å². The van der Waals surface area contributed by atoms with Gasteiger partial charge in [-0.15, -0.1) is 0 Å². The molecular formula is C51H100O25. The SMILES string of the molecule is CC=C(C)C(=O)OCCOCCOCCOCCOCCOCCOCCOCCOCCOCCOCCOCCOCCOCCOCCOCCOCCOCCOCCOCCOCCOCCOCCO. The van der Waals surface area contributed by atoms with E-state index in [9.17, 15) is 4.79 Å². The van der Waals surface area contributed by atoms with Crippen molar-refractivity contribution in [3.8, 4) is 0 Å². The first-order chi connectivity index (χ1) is 37.7. The van der Waals surface area contributed by atoms with Crippen molar-refractivity contribution in [1.82, 2.24) is 0 Å². The lowest BCUT2D eigenvalue weighted by molar-refractivity contribution is -0.140. The number of rotatable bonds is 69. The van der Waals surface area contributed by atoms with Gasteiger partial charge in [-0.25, -0.2) is 4.79 Å². The molecule has 454 valence electrons. The smallest absolute Gasteiger partial charge is 0.333 e. The fraction of sp³-hybridized carbons (Fsp3) is 0.941. The molecule has 25 heteroatoms. The number of aliphatic hydroxyl groups is 1. The van der Waals surface area contributed by atoms with Crippen molar-refractivity contribution in [2.24, 2.45) is 0 Å². The molecular weight excluding hydrogens is 1010 g/mol. The predicted octanol–water partition coefficient (Wildman–Crippen LogP) is 0.853. The van der Waals surface area contributed by atoms with Gasteiger partial charge in [0.05, 0.1) is 297 Å². The molecule has 0 aliphatic rings. The summed E-state index contributed by atoms with van der Waals surface area (Å²) in [6, 6.07) is 0. The Hall–Kier alpha value is -1.71. The molecule has 0 aromatic rings. The third-order valence-electron chi connectivity index (χ3n) is 9.26. The Kier molecular flexibility index (Phi) is 67.8. The molecule has 0 atom stereocenters. The fourth-order valence-corrected chi connectivity index (χ4v) is 5.21. The van der Waals surface area contributed by atoms with Crippen molar-refractivity contribution in [2.45, 2.75) is 13.8 Å². The van der Waals surface area contributed by atoms with E-state index in [0.717, 1.165) is 0 Å². The lowest BCUT2D eigenvalue weighted by Gasteiger charge is -2.09. The van der Waals surface area contributed by atoms with E-state index in [1.165, 1.54) is 0 Å². The lowest BCUT2D eigenvalue weighted by Crippen LogP contribution is -2.16.